The summed E-state index contributed by atoms with van der Waals surface area (Å²) in [7, 11) is 1.59. The molecule has 0 aliphatic carbocycles. The minimum absolute atomic E-state index is 0.221. The van der Waals surface area contributed by atoms with Crippen molar-refractivity contribution in [3.63, 3.8) is 0 Å². The number of benzene rings is 1. The standard InChI is InChI=1S/C15H25NO3/c1-5-11(2)15(3,18)10-16-9-12-8-13(19-4)6-7-14(12)17/h6-8,11,16-18H,5,9-10H2,1-4H3. The first kappa shape index (κ1) is 15.8. The van der Waals surface area contributed by atoms with Gasteiger partial charge in [0.15, 0.2) is 0 Å². The molecule has 0 spiro atoms. The van der Waals surface area contributed by atoms with Gasteiger partial charge in [-0.05, 0) is 31.0 Å². The predicted octanol–water partition coefficient (Wildman–Crippen LogP) is 2.29. The molecule has 2 atom stereocenters. The van der Waals surface area contributed by atoms with Gasteiger partial charge in [0.05, 0.1) is 12.7 Å². The van der Waals surface area contributed by atoms with Gasteiger partial charge in [0.2, 0.25) is 0 Å². The summed E-state index contributed by atoms with van der Waals surface area (Å²) in [5.74, 6) is 1.17. The summed E-state index contributed by atoms with van der Waals surface area (Å²) in [4.78, 5) is 0. The van der Waals surface area contributed by atoms with Gasteiger partial charge in [-0.3, -0.25) is 0 Å². The summed E-state index contributed by atoms with van der Waals surface area (Å²) < 4.78 is 5.12. The van der Waals surface area contributed by atoms with Crippen molar-refractivity contribution in [2.75, 3.05) is 13.7 Å². The molecular formula is C15H25NO3. The van der Waals surface area contributed by atoms with Crippen LogP contribution in [0.15, 0.2) is 18.2 Å². The average molecular weight is 267 g/mol. The third-order valence-electron chi connectivity index (χ3n) is 3.76. The highest BCUT2D eigenvalue weighted by atomic mass is 16.5. The van der Waals surface area contributed by atoms with Gasteiger partial charge in [0, 0.05) is 18.7 Å². The maximum atomic E-state index is 10.3. The Morgan fingerprint density at radius 1 is 1.42 bits per heavy atom. The molecule has 1 aromatic carbocycles. The summed E-state index contributed by atoms with van der Waals surface area (Å²) in [6, 6.07) is 5.12. The van der Waals surface area contributed by atoms with E-state index in [0.29, 0.717) is 18.8 Å². The van der Waals surface area contributed by atoms with E-state index >= 15 is 0 Å². The zero-order chi connectivity index (χ0) is 14.5. The lowest BCUT2D eigenvalue weighted by atomic mass is 9.88. The molecular weight excluding hydrogens is 242 g/mol. The van der Waals surface area contributed by atoms with Crippen molar-refractivity contribution in [2.24, 2.45) is 5.92 Å². The molecule has 19 heavy (non-hydrogen) atoms. The lowest BCUT2D eigenvalue weighted by Crippen LogP contribution is -2.42. The summed E-state index contributed by atoms with van der Waals surface area (Å²) in [6.45, 7) is 6.91. The summed E-state index contributed by atoms with van der Waals surface area (Å²) in [6.07, 6.45) is 0.930. The third-order valence-corrected chi connectivity index (χ3v) is 3.76. The van der Waals surface area contributed by atoms with E-state index in [1.807, 2.05) is 13.8 Å². The maximum Gasteiger partial charge on any atom is 0.120 e. The third kappa shape index (κ3) is 4.40. The molecule has 1 rings (SSSR count). The van der Waals surface area contributed by atoms with Crippen molar-refractivity contribution in [1.29, 1.82) is 0 Å². The van der Waals surface area contributed by atoms with Gasteiger partial charge in [-0.2, -0.15) is 0 Å². The SMILES string of the molecule is CCC(C)C(C)(O)CNCc1cc(OC)ccc1O. The molecule has 2 unspecified atom stereocenters. The number of phenols is 1. The van der Waals surface area contributed by atoms with Gasteiger partial charge in [-0.1, -0.05) is 20.3 Å². The van der Waals surface area contributed by atoms with Crippen LogP contribution in [0, 0.1) is 5.92 Å². The molecule has 108 valence electrons. The van der Waals surface area contributed by atoms with Crippen LogP contribution in [0.3, 0.4) is 0 Å². The quantitative estimate of drug-likeness (QED) is 0.709. The lowest BCUT2D eigenvalue weighted by Gasteiger charge is -2.30. The van der Waals surface area contributed by atoms with E-state index in [2.05, 4.69) is 12.2 Å². The molecule has 0 aliphatic heterocycles. The fraction of sp³-hybridized carbons (Fsp3) is 0.600. The van der Waals surface area contributed by atoms with Crippen molar-refractivity contribution >= 4 is 0 Å². The number of nitrogens with one attached hydrogen (secondary N) is 1. The van der Waals surface area contributed by atoms with Crippen LogP contribution in [0.1, 0.15) is 32.8 Å². The van der Waals surface area contributed by atoms with Gasteiger partial charge in [0.25, 0.3) is 0 Å². The number of aliphatic hydroxyl groups is 1. The van der Waals surface area contributed by atoms with Crippen LogP contribution in [0.5, 0.6) is 11.5 Å². The molecule has 4 heteroatoms. The molecule has 1 aromatic rings. The van der Waals surface area contributed by atoms with Crippen LogP contribution in [0.2, 0.25) is 0 Å². The van der Waals surface area contributed by atoms with Gasteiger partial charge < -0.3 is 20.3 Å². The van der Waals surface area contributed by atoms with Crippen molar-refractivity contribution in [1.82, 2.24) is 5.32 Å². The minimum atomic E-state index is -0.747. The van der Waals surface area contributed by atoms with E-state index < -0.39 is 5.60 Å². The number of hydrogen-bond donors (Lipinski definition) is 3. The Hall–Kier alpha value is -1.26. The van der Waals surface area contributed by atoms with Crippen LogP contribution < -0.4 is 10.1 Å². The number of hydrogen-bond acceptors (Lipinski definition) is 4. The Labute approximate surface area is 115 Å². The molecule has 0 fully saturated rings. The lowest BCUT2D eigenvalue weighted by molar-refractivity contribution is 0.00531. The Morgan fingerprint density at radius 2 is 2.11 bits per heavy atom. The van der Waals surface area contributed by atoms with Crippen molar-refractivity contribution in [3.05, 3.63) is 23.8 Å². The van der Waals surface area contributed by atoms with E-state index in [0.717, 1.165) is 12.0 Å². The molecule has 0 amide bonds. The Balaban J connectivity index is 2.58. The molecule has 0 radical (unpaired) electrons. The minimum Gasteiger partial charge on any atom is -0.508 e. The number of ether oxygens (including phenoxy) is 1. The van der Waals surface area contributed by atoms with Crippen LogP contribution in [0.4, 0.5) is 0 Å². The summed E-state index contributed by atoms with van der Waals surface area (Å²) in [5, 5.41) is 23.2. The zero-order valence-electron chi connectivity index (χ0n) is 12.2. The highest BCUT2D eigenvalue weighted by Gasteiger charge is 2.26. The van der Waals surface area contributed by atoms with E-state index in [4.69, 9.17) is 4.74 Å². The average Bonchev–Trinajstić information content (AvgIpc) is 2.39. The second kappa shape index (κ2) is 6.78. The monoisotopic (exact) mass is 267 g/mol. The normalized spacial score (nSPS) is 15.8. The fourth-order valence-electron chi connectivity index (χ4n) is 1.89. The topological polar surface area (TPSA) is 61.7 Å². The molecule has 0 aliphatic rings. The second-order valence-electron chi connectivity index (χ2n) is 5.26. The van der Waals surface area contributed by atoms with Gasteiger partial charge in [0.1, 0.15) is 11.5 Å². The summed E-state index contributed by atoms with van der Waals surface area (Å²) >= 11 is 0. The number of aromatic hydroxyl groups is 1. The van der Waals surface area contributed by atoms with Crippen LogP contribution >= 0.6 is 0 Å². The number of phenolic OH excluding ortho intramolecular Hbond substituents is 1. The smallest absolute Gasteiger partial charge is 0.120 e. The number of rotatable bonds is 7. The van der Waals surface area contributed by atoms with Crippen molar-refractivity contribution < 1.29 is 14.9 Å². The largest absolute Gasteiger partial charge is 0.508 e. The van der Waals surface area contributed by atoms with Gasteiger partial charge in [-0.15, -0.1) is 0 Å². The molecule has 3 N–H and O–H groups in total. The van der Waals surface area contributed by atoms with E-state index in [1.165, 1.54) is 0 Å². The molecule has 0 bridgehead atoms. The van der Waals surface area contributed by atoms with Crippen LogP contribution in [0.25, 0.3) is 0 Å². The van der Waals surface area contributed by atoms with Crippen LogP contribution in [-0.2, 0) is 6.54 Å². The maximum absolute atomic E-state index is 10.3. The zero-order valence-corrected chi connectivity index (χ0v) is 12.2. The number of methoxy groups -OCH3 is 1. The first-order valence-electron chi connectivity index (χ1n) is 6.69. The first-order chi connectivity index (χ1) is 8.90. The van der Waals surface area contributed by atoms with Gasteiger partial charge >= 0.3 is 0 Å². The van der Waals surface area contributed by atoms with Crippen molar-refractivity contribution in [2.45, 2.75) is 39.3 Å². The highest BCUT2D eigenvalue weighted by molar-refractivity contribution is 5.39. The van der Waals surface area contributed by atoms with Crippen LogP contribution in [-0.4, -0.2) is 29.5 Å². The molecule has 0 saturated carbocycles. The fourth-order valence-corrected chi connectivity index (χ4v) is 1.89. The molecule has 4 nitrogen and oxygen atoms in total. The Morgan fingerprint density at radius 3 is 2.68 bits per heavy atom. The summed E-state index contributed by atoms with van der Waals surface area (Å²) in [5.41, 5.74) is 0.0165. The predicted molar refractivity (Wildman–Crippen MR) is 76.4 cm³/mol. The van der Waals surface area contributed by atoms with E-state index in [1.54, 1.807) is 25.3 Å². The van der Waals surface area contributed by atoms with Gasteiger partial charge in [-0.25, -0.2) is 0 Å². The van der Waals surface area contributed by atoms with Crippen molar-refractivity contribution in [3.8, 4) is 11.5 Å². The first-order valence-corrected chi connectivity index (χ1v) is 6.69. The van der Waals surface area contributed by atoms with E-state index in [9.17, 15) is 10.2 Å². The molecule has 0 saturated heterocycles. The molecule has 0 aromatic heterocycles. The second-order valence-corrected chi connectivity index (χ2v) is 5.26. The van der Waals surface area contributed by atoms with E-state index in [-0.39, 0.29) is 11.7 Å². The Kier molecular flexibility index (Phi) is 5.63. The Bertz CT molecular complexity index is 404. The molecule has 0 heterocycles. The highest BCUT2D eigenvalue weighted by Crippen LogP contribution is 2.23.